The Bertz CT molecular complexity index is 1740. The molecule has 1 heterocycles. The first-order chi connectivity index (χ1) is 29.8. The molecule has 1 aliphatic heterocycles. The molecule has 0 spiro atoms. The molecule has 0 fully saturated rings. The van der Waals surface area contributed by atoms with Gasteiger partial charge in [-0.2, -0.15) is 5.26 Å². The minimum Gasteiger partial charge on any atom is -0.492 e. The number of benzene rings is 2. The molecule has 1 aliphatic rings. The summed E-state index contributed by atoms with van der Waals surface area (Å²) in [6, 6.07) is 10.1. The minimum absolute atomic E-state index is 0.101. The quantitative estimate of drug-likeness (QED) is 0.0385. The van der Waals surface area contributed by atoms with Crippen LogP contribution in [0, 0.1) is 11.3 Å². The highest BCUT2D eigenvalue weighted by Crippen LogP contribution is 2.40. The lowest BCUT2D eigenvalue weighted by atomic mass is 9.94. The molecule has 3 atom stereocenters. The van der Waals surface area contributed by atoms with E-state index in [1.165, 1.54) is 37.6 Å². The Kier molecular flexibility index (Phi) is 28.0. The van der Waals surface area contributed by atoms with E-state index < -0.39 is 48.7 Å². The highest BCUT2D eigenvalue weighted by Gasteiger charge is 2.32. The van der Waals surface area contributed by atoms with Gasteiger partial charge in [-0.05, 0) is 68.6 Å². The summed E-state index contributed by atoms with van der Waals surface area (Å²) in [6.07, 6.45) is 8.34. The average molecular weight is 867 g/mol. The van der Waals surface area contributed by atoms with E-state index in [4.69, 9.17) is 31.9 Å². The fraction of sp³-hybridized carbons (Fsp3) is 0.568. The number of carbonyl (C=O) groups is 6. The van der Waals surface area contributed by atoms with E-state index in [1.54, 1.807) is 31.2 Å². The van der Waals surface area contributed by atoms with Crippen LogP contribution in [0.5, 0.6) is 11.5 Å². The maximum atomic E-state index is 14.0. The van der Waals surface area contributed by atoms with E-state index >= 15 is 0 Å². The molecule has 344 valence electrons. The number of hydrogen-bond acceptors (Lipinski definition) is 12. The fourth-order valence-electron chi connectivity index (χ4n) is 6.22. The summed E-state index contributed by atoms with van der Waals surface area (Å²) in [5, 5.41) is 20.9. The van der Waals surface area contributed by atoms with Gasteiger partial charge in [0.15, 0.2) is 0 Å². The number of carbonyl (C=O) groups excluding carboxylic acids is 6. The second-order valence-electron chi connectivity index (χ2n) is 14.6. The molecule has 0 aromatic heterocycles. The summed E-state index contributed by atoms with van der Waals surface area (Å²) >= 11 is 0. The van der Waals surface area contributed by atoms with Gasteiger partial charge in [-0.1, -0.05) is 64.5 Å². The summed E-state index contributed by atoms with van der Waals surface area (Å²) in [7, 11) is 1.44. The van der Waals surface area contributed by atoms with E-state index in [2.05, 4.69) is 33.5 Å². The van der Waals surface area contributed by atoms with Crippen LogP contribution in [0.15, 0.2) is 36.4 Å². The molecular formula is C44H70N10O8. The first-order valence-corrected chi connectivity index (χ1v) is 21.4. The molecule has 0 saturated heterocycles. The van der Waals surface area contributed by atoms with Crippen LogP contribution in [-0.4, -0.2) is 112 Å². The molecule has 6 amide bonds. The number of unbranched alkanes of at least 4 members (excludes halogenated alkanes) is 6. The molecule has 2 aromatic rings. The topological polar surface area (TPSA) is 286 Å². The Labute approximate surface area is 366 Å². The second kappa shape index (κ2) is 32.0. The third kappa shape index (κ3) is 20.7. The summed E-state index contributed by atoms with van der Waals surface area (Å²) in [6.45, 7) is 9.43. The first-order valence-electron chi connectivity index (χ1n) is 21.4. The number of nitrogens with two attached hydrogens (primary N) is 3. The zero-order valence-corrected chi connectivity index (χ0v) is 37.2. The molecule has 0 aliphatic carbocycles. The van der Waals surface area contributed by atoms with Crippen LogP contribution in [0.2, 0.25) is 0 Å². The van der Waals surface area contributed by atoms with Crippen LogP contribution in [0.3, 0.4) is 0 Å². The summed E-state index contributed by atoms with van der Waals surface area (Å²) < 4.78 is 12.1. The van der Waals surface area contributed by atoms with Crippen molar-refractivity contribution in [2.24, 2.45) is 17.2 Å². The number of amides is 6. The number of nitrogens with one attached hydrogen (secondary N) is 5. The molecular weight excluding hydrogens is 797 g/mol. The average Bonchev–Trinajstić information content (AvgIpc) is 3.24. The van der Waals surface area contributed by atoms with Gasteiger partial charge in [0.2, 0.25) is 35.9 Å². The van der Waals surface area contributed by atoms with Gasteiger partial charge in [-0.15, -0.1) is 0 Å². The number of fused-ring (bicyclic) bond motifs is 5. The SMILES string of the molecule is CCCCCCCCCNC(=O)CC(=O)NCC(=O)N(C)C1C(=O)N[C@@H](C)C(=O)NC(C)Cc2ccc(OCCN)c(c2)-c2cc1ccc2OCCN.CCN.N#CCNC=O. The summed E-state index contributed by atoms with van der Waals surface area (Å²) in [5.41, 5.74) is 19.0. The minimum atomic E-state index is -1.22. The van der Waals surface area contributed by atoms with Crippen molar-refractivity contribution in [2.75, 3.05) is 59.5 Å². The molecule has 0 saturated carbocycles. The van der Waals surface area contributed by atoms with Gasteiger partial charge in [0.25, 0.3) is 0 Å². The second-order valence-corrected chi connectivity index (χ2v) is 14.6. The lowest BCUT2D eigenvalue weighted by Crippen LogP contribution is -2.52. The van der Waals surface area contributed by atoms with Gasteiger partial charge < -0.3 is 58.2 Å². The smallest absolute Gasteiger partial charge is 0.248 e. The predicted molar refractivity (Wildman–Crippen MR) is 238 cm³/mol. The lowest BCUT2D eigenvalue weighted by molar-refractivity contribution is -0.140. The maximum absolute atomic E-state index is 14.0. The number of hydrogen-bond donors (Lipinski definition) is 8. The molecule has 11 N–H and O–H groups in total. The number of nitrogens with zero attached hydrogens (tertiary/aromatic N) is 2. The normalized spacial score (nSPS) is 15.5. The van der Waals surface area contributed by atoms with Crippen LogP contribution in [0.25, 0.3) is 11.1 Å². The van der Waals surface area contributed by atoms with Crippen LogP contribution in [-0.2, 0) is 35.2 Å². The molecule has 0 radical (unpaired) electrons. The van der Waals surface area contributed by atoms with Crippen LogP contribution < -0.4 is 53.3 Å². The van der Waals surface area contributed by atoms with E-state index in [-0.39, 0.29) is 44.8 Å². The third-order valence-electron chi connectivity index (χ3n) is 9.24. The van der Waals surface area contributed by atoms with Crippen molar-refractivity contribution >= 4 is 35.9 Å². The molecule has 18 heteroatoms. The van der Waals surface area contributed by atoms with Crippen molar-refractivity contribution in [2.45, 2.75) is 104 Å². The van der Waals surface area contributed by atoms with Crippen molar-refractivity contribution in [3.8, 4) is 28.7 Å². The molecule has 2 aromatic carbocycles. The number of rotatable bonds is 21. The Morgan fingerprint density at radius 3 is 2.02 bits per heavy atom. The van der Waals surface area contributed by atoms with Crippen LogP contribution in [0.4, 0.5) is 0 Å². The summed E-state index contributed by atoms with van der Waals surface area (Å²) in [4.78, 5) is 76.2. The van der Waals surface area contributed by atoms with E-state index in [9.17, 15) is 28.8 Å². The van der Waals surface area contributed by atoms with Gasteiger partial charge in [0.05, 0.1) is 12.6 Å². The van der Waals surface area contributed by atoms with Gasteiger partial charge in [0, 0.05) is 43.9 Å². The van der Waals surface area contributed by atoms with Crippen molar-refractivity contribution in [3.63, 3.8) is 0 Å². The summed E-state index contributed by atoms with van der Waals surface area (Å²) in [5.74, 6) is -1.61. The van der Waals surface area contributed by atoms with Crippen LogP contribution >= 0.6 is 0 Å². The van der Waals surface area contributed by atoms with Gasteiger partial charge in [-0.3, -0.25) is 28.8 Å². The highest BCUT2D eigenvalue weighted by molar-refractivity contribution is 5.99. The molecule has 3 rings (SSSR count). The first kappa shape index (κ1) is 54.2. The Morgan fingerprint density at radius 1 is 0.855 bits per heavy atom. The zero-order chi connectivity index (χ0) is 46.3. The predicted octanol–water partition coefficient (Wildman–Crippen LogP) is 1.69. The third-order valence-corrected chi connectivity index (χ3v) is 9.24. The number of likely N-dealkylation sites (N-methyl/N-ethyl adjacent to an activating group) is 1. The Morgan fingerprint density at radius 2 is 1.44 bits per heavy atom. The standard InChI is InChI=1S/C39H59N7O7.C3H4N2O.C2H7N/c1-5-6-7-8-9-10-11-18-42-34(47)24-35(48)43-25-36(49)46(4)37-29-13-15-33(53-20-17-41)31(23-29)30-22-28(12-14-32(30)52-19-16-40)21-26(2)44-38(50)27(3)45-39(37)51;4-1-2-5-3-6;1-2-3/h12-15,22-23,26-27,37H,5-11,16-21,24-25,40-41H2,1-4H3,(H,42,47)(H,43,48)(H,44,50)(H,45,51);3H,2H2,(H,5,6);2-3H2,1H3/t26?,27-,37?;;/m0../s1. The van der Waals surface area contributed by atoms with E-state index in [0.29, 0.717) is 47.6 Å². The molecule has 4 bridgehead atoms. The highest BCUT2D eigenvalue weighted by atomic mass is 16.5. The zero-order valence-electron chi connectivity index (χ0n) is 37.2. The molecule has 2 unspecified atom stereocenters. The van der Waals surface area contributed by atoms with Gasteiger partial charge in [-0.25, -0.2) is 0 Å². The van der Waals surface area contributed by atoms with Crippen molar-refractivity contribution in [1.82, 2.24) is 31.5 Å². The van der Waals surface area contributed by atoms with E-state index in [1.807, 2.05) is 32.0 Å². The largest absolute Gasteiger partial charge is 0.492 e. The maximum Gasteiger partial charge on any atom is 0.248 e. The van der Waals surface area contributed by atoms with E-state index in [0.717, 1.165) is 31.4 Å². The lowest BCUT2D eigenvalue weighted by Gasteiger charge is -2.30. The molecule has 18 nitrogen and oxygen atoms in total. The van der Waals surface area contributed by atoms with Crippen molar-refractivity contribution in [1.29, 1.82) is 5.26 Å². The van der Waals surface area contributed by atoms with Crippen molar-refractivity contribution in [3.05, 3.63) is 47.5 Å². The number of ether oxygens (including phenoxy) is 2. The Balaban J connectivity index is 0.00000193. The fourth-order valence-corrected chi connectivity index (χ4v) is 6.22. The van der Waals surface area contributed by atoms with Gasteiger partial charge >= 0.3 is 0 Å². The van der Waals surface area contributed by atoms with Crippen molar-refractivity contribution < 1.29 is 38.2 Å². The Hall–Kier alpha value is -5.77. The van der Waals surface area contributed by atoms with Crippen LogP contribution in [0.1, 0.15) is 96.2 Å². The molecule has 62 heavy (non-hydrogen) atoms. The van der Waals surface area contributed by atoms with Gasteiger partial charge in [0.1, 0.15) is 49.8 Å². The number of nitriles is 1. The monoisotopic (exact) mass is 867 g/mol.